The van der Waals surface area contributed by atoms with E-state index < -0.39 is 0 Å². The van der Waals surface area contributed by atoms with Crippen molar-refractivity contribution in [3.8, 4) is 11.3 Å². The van der Waals surface area contributed by atoms with E-state index in [9.17, 15) is 4.79 Å². The van der Waals surface area contributed by atoms with Crippen LogP contribution in [-0.4, -0.2) is 51.6 Å². The van der Waals surface area contributed by atoms with E-state index in [1.54, 1.807) is 4.52 Å². The van der Waals surface area contributed by atoms with Gasteiger partial charge in [0, 0.05) is 30.1 Å². The summed E-state index contributed by atoms with van der Waals surface area (Å²) >= 11 is 0. The van der Waals surface area contributed by atoms with Gasteiger partial charge in [-0.2, -0.15) is 5.10 Å². The molecule has 0 bridgehead atoms. The number of amides is 1. The van der Waals surface area contributed by atoms with Crippen LogP contribution in [0.1, 0.15) is 49.8 Å². The minimum Gasteiger partial charge on any atom is -0.349 e. The van der Waals surface area contributed by atoms with Crippen molar-refractivity contribution >= 4 is 11.6 Å². The quantitative estimate of drug-likeness (QED) is 0.723. The molecule has 0 aliphatic carbocycles. The average Bonchev–Trinajstić information content (AvgIpc) is 3.37. The number of nitrogens with zero attached hydrogens (tertiary/aromatic N) is 4. The Labute approximate surface area is 171 Å². The first-order chi connectivity index (χ1) is 13.9. The van der Waals surface area contributed by atoms with Gasteiger partial charge in [0.25, 0.3) is 5.91 Å². The van der Waals surface area contributed by atoms with Crippen LogP contribution in [0.3, 0.4) is 0 Å². The van der Waals surface area contributed by atoms with Gasteiger partial charge in [0.2, 0.25) is 0 Å². The van der Waals surface area contributed by atoms with E-state index >= 15 is 0 Å². The van der Waals surface area contributed by atoms with Crippen LogP contribution in [-0.2, 0) is 5.41 Å². The molecule has 4 rings (SSSR count). The Morgan fingerprint density at radius 1 is 1.10 bits per heavy atom. The fourth-order valence-corrected chi connectivity index (χ4v) is 3.68. The summed E-state index contributed by atoms with van der Waals surface area (Å²) in [4.78, 5) is 20.2. The minimum absolute atomic E-state index is 0.114. The molecule has 1 aliphatic heterocycles. The molecular weight excluding hydrogens is 362 g/mol. The summed E-state index contributed by atoms with van der Waals surface area (Å²) in [6.45, 7) is 10.1. The van der Waals surface area contributed by atoms with E-state index in [1.165, 1.54) is 12.8 Å². The molecule has 3 heterocycles. The Hall–Kier alpha value is -2.73. The lowest BCUT2D eigenvalue weighted by Crippen LogP contribution is -2.34. The zero-order chi connectivity index (χ0) is 20.4. The first kappa shape index (κ1) is 19.6. The van der Waals surface area contributed by atoms with E-state index in [2.05, 4.69) is 31.0 Å². The van der Waals surface area contributed by atoms with E-state index in [0.29, 0.717) is 17.9 Å². The number of hydrogen-bond acceptors (Lipinski definition) is 4. The van der Waals surface area contributed by atoms with Gasteiger partial charge in [0.05, 0.1) is 11.4 Å². The van der Waals surface area contributed by atoms with Gasteiger partial charge in [-0.15, -0.1) is 0 Å². The Bertz CT molecular complexity index is 997. The highest BCUT2D eigenvalue weighted by Gasteiger charge is 2.22. The van der Waals surface area contributed by atoms with E-state index in [4.69, 9.17) is 10.1 Å². The largest absolute Gasteiger partial charge is 0.349 e. The van der Waals surface area contributed by atoms with Crippen molar-refractivity contribution in [1.29, 1.82) is 0 Å². The fraction of sp³-hybridized carbons (Fsp3) is 0.435. The first-order valence-electron chi connectivity index (χ1n) is 10.4. The Morgan fingerprint density at radius 2 is 1.83 bits per heavy atom. The monoisotopic (exact) mass is 391 g/mol. The van der Waals surface area contributed by atoms with Crippen molar-refractivity contribution in [2.75, 3.05) is 26.2 Å². The standard InChI is InChI=1S/C23H29N5O/c1-23(2,3)20-16-21-25-18(17-9-5-4-6-10-17)15-19(28(21)26-20)22(29)24-11-14-27-12-7-8-13-27/h4-6,9-10,15-16H,7-8,11-14H2,1-3H3,(H,24,29). The van der Waals surface area contributed by atoms with Crippen LogP contribution in [0.4, 0.5) is 0 Å². The molecule has 1 aromatic carbocycles. The summed E-state index contributed by atoms with van der Waals surface area (Å²) in [5.41, 5.74) is 3.78. The molecule has 0 unspecified atom stereocenters. The van der Waals surface area contributed by atoms with E-state index in [1.807, 2.05) is 42.5 Å². The van der Waals surface area contributed by atoms with Gasteiger partial charge in [-0.1, -0.05) is 51.1 Å². The van der Waals surface area contributed by atoms with Crippen LogP contribution in [0.15, 0.2) is 42.5 Å². The molecular formula is C23H29N5O. The molecule has 2 aromatic heterocycles. The smallest absolute Gasteiger partial charge is 0.270 e. The van der Waals surface area contributed by atoms with Crippen molar-refractivity contribution in [3.05, 3.63) is 53.9 Å². The number of carbonyl (C=O) groups is 1. The molecule has 29 heavy (non-hydrogen) atoms. The summed E-state index contributed by atoms with van der Waals surface area (Å²) in [6.07, 6.45) is 2.50. The molecule has 1 N–H and O–H groups in total. The lowest BCUT2D eigenvalue weighted by Gasteiger charge is -2.15. The zero-order valence-corrected chi connectivity index (χ0v) is 17.5. The van der Waals surface area contributed by atoms with Gasteiger partial charge in [0.1, 0.15) is 5.69 Å². The minimum atomic E-state index is -0.121. The van der Waals surface area contributed by atoms with Gasteiger partial charge in [-0.05, 0) is 32.0 Å². The summed E-state index contributed by atoms with van der Waals surface area (Å²) in [5, 5.41) is 7.78. The van der Waals surface area contributed by atoms with Crippen molar-refractivity contribution in [1.82, 2.24) is 24.8 Å². The molecule has 0 spiro atoms. The van der Waals surface area contributed by atoms with Crippen LogP contribution >= 0.6 is 0 Å². The van der Waals surface area contributed by atoms with E-state index in [0.717, 1.165) is 36.6 Å². The molecule has 6 nitrogen and oxygen atoms in total. The maximum atomic E-state index is 13.1. The molecule has 1 saturated heterocycles. The summed E-state index contributed by atoms with van der Waals surface area (Å²) in [6, 6.07) is 13.8. The number of likely N-dealkylation sites (tertiary alicyclic amines) is 1. The molecule has 152 valence electrons. The third kappa shape index (κ3) is 4.32. The number of fused-ring (bicyclic) bond motifs is 1. The normalized spacial score (nSPS) is 15.1. The number of carbonyl (C=O) groups excluding carboxylic acids is 1. The second-order valence-corrected chi connectivity index (χ2v) is 8.75. The van der Waals surface area contributed by atoms with Crippen molar-refractivity contribution in [2.24, 2.45) is 0 Å². The van der Waals surface area contributed by atoms with Crippen molar-refractivity contribution < 1.29 is 4.79 Å². The van der Waals surface area contributed by atoms with Gasteiger partial charge in [-0.3, -0.25) is 4.79 Å². The highest BCUT2D eigenvalue weighted by atomic mass is 16.2. The first-order valence-corrected chi connectivity index (χ1v) is 10.4. The van der Waals surface area contributed by atoms with Crippen LogP contribution < -0.4 is 5.32 Å². The zero-order valence-electron chi connectivity index (χ0n) is 17.5. The highest BCUT2D eigenvalue weighted by molar-refractivity contribution is 5.94. The number of nitrogens with one attached hydrogen (secondary N) is 1. The van der Waals surface area contributed by atoms with Crippen LogP contribution in [0.5, 0.6) is 0 Å². The Morgan fingerprint density at radius 3 is 2.52 bits per heavy atom. The van der Waals surface area contributed by atoms with Crippen molar-refractivity contribution in [2.45, 2.75) is 39.0 Å². The number of hydrogen-bond donors (Lipinski definition) is 1. The SMILES string of the molecule is CC(C)(C)c1cc2nc(-c3ccccc3)cc(C(=O)NCCN3CCCC3)n2n1. The molecule has 0 saturated carbocycles. The molecule has 1 amide bonds. The molecule has 0 radical (unpaired) electrons. The Balaban J connectivity index is 1.67. The van der Waals surface area contributed by atoms with Crippen LogP contribution in [0.2, 0.25) is 0 Å². The Kier molecular flexibility index (Phi) is 5.37. The third-order valence-corrected chi connectivity index (χ3v) is 5.41. The van der Waals surface area contributed by atoms with Gasteiger partial charge < -0.3 is 10.2 Å². The fourth-order valence-electron chi connectivity index (χ4n) is 3.68. The summed E-state index contributed by atoms with van der Waals surface area (Å²) < 4.78 is 1.68. The molecule has 3 aromatic rings. The topological polar surface area (TPSA) is 62.5 Å². The van der Waals surface area contributed by atoms with Crippen LogP contribution in [0, 0.1) is 0 Å². The van der Waals surface area contributed by atoms with Gasteiger partial charge in [-0.25, -0.2) is 9.50 Å². The van der Waals surface area contributed by atoms with E-state index in [-0.39, 0.29) is 11.3 Å². The van der Waals surface area contributed by atoms with Crippen molar-refractivity contribution in [3.63, 3.8) is 0 Å². The number of aromatic nitrogens is 3. The van der Waals surface area contributed by atoms with Gasteiger partial charge >= 0.3 is 0 Å². The second kappa shape index (κ2) is 7.95. The summed E-state index contributed by atoms with van der Waals surface area (Å²) in [7, 11) is 0. The molecule has 0 atom stereocenters. The van der Waals surface area contributed by atoms with Crippen LogP contribution in [0.25, 0.3) is 16.9 Å². The average molecular weight is 392 g/mol. The lowest BCUT2D eigenvalue weighted by atomic mass is 9.93. The molecule has 1 fully saturated rings. The maximum Gasteiger partial charge on any atom is 0.270 e. The summed E-state index contributed by atoms with van der Waals surface area (Å²) in [5.74, 6) is -0.114. The third-order valence-electron chi connectivity index (χ3n) is 5.41. The lowest BCUT2D eigenvalue weighted by molar-refractivity contribution is 0.0942. The molecule has 6 heteroatoms. The highest BCUT2D eigenvalue weighted by Crippen LogP contribution is 2.25. The maximum absolute atomic E-state index is 13.1. The predicted molar refractivity (Wildman–Crippen MR) is 115 cm³/mol. The predicted octanol–water partition coefficient (Wildman–Crippen LogP) is 3.52. The van der Waals surface area contributed by atoms with Gasteiger partial charge in [0.15, 0.2) is 5.65 Å². The number of rotatable bonds is 5. The second-order valence-electron chi connectivity index (χ2n) is 8.75. The molecule has 1 aliphatic rings. The number of benzene rings is 1.